The van der Waals surface area contributed by atoms with Crippen molar-refractivity contribution < 1.29 is 4.39 Å². The van der Waals surface area contributed by atoms with Crippen LogP contribution in [0.1, 0.15) is 23.2 Å². The molecule has 3 rings (SSSR count). The topological polar surface area (TPSA) is 41.6 Å². The van der Waals surface area contributed by atoms with Crippen molar-refractivity contribution in [3.63, 3.8) is 0 Å². The Hall–Kier alpha value is -2.15. The highest BCUT2D eigenvalue weighted by atomic mass is 19.1. The molecule has 0 amide bonds. The van der Waals surface area contributed by atoms with Crippen molar-refractivity contribution in [1.82, 2.24) is 9.55 Å². The first-order chi connectivity index (χ1) is 8.74. The van der Waals surface area contributed by atoms with Gasteiger partial charge in [0.05, 0.1) is 16.8 Å². The molecule has 0 bridgehead atoms. The Balaban J connectivity index is 2.32. The summed E-state index contributed by atoms with van der Waals surface area (Å²) in [6.07, 6.45) is 3.35. The van der Waals surface area contributed by atoms with E-state index in [4.69, 9.17) is 0 Å². The minimum Gasteiger partial charge on any atom is -0.343 e. The van der Waals surface area contributed by atoms with Gasteiger partial charge in [0.2, 0.25) is 5.95 Å². The van der Waals surface area contributed by atoms with Gasteiger partial charge in [0.15, 0.2) is 0 Å². The smallest absolute Gasteiger partial charge is 0.222 e. The van der Waals surface area contributed by atoms with Gasteiger partial charge >= 0.3 is 0 Å². The molecule has 90 valence electrons. The Morgan fingerprint density at radius 3 is 3.06 bits per heavy atom. The molecule has 1 aliphatic heterocycles. The van der Waals surface area contributed by atoms with Crippen molar-refractivity contribution in [3.05, 3.63) is 41.1 Å². The molecule has 0 spiro atoms. The third kappa shape index (κ3) is 1.37. The second-order valence-electron chi connectivity index (χ2n) is 4.50. The standard InChI is InChI=1S/C14H12FN3/c1-9-11(8-16)12-5-3-7-18(12)13(9)10-4-2-6-17-14(10)15/h2,4,6H,3,5,7H2,1H3. The summed E-state index contributed by atoms with van der Waals surface area (Å²) in [5.41, 5.74) is 3.89. The average molecular weight is 241 g/mol. The molecule has 1 aliphatic rings. The lowest BCUT2D eigenvalue weighted by molar-refractivity contribution is 0.585. The molecule has 3 nitrogen and oxygen atoms in total. The van der Waals surface area contributed by atoms with Crippen LogP contribution in [0.5, 0.6) is 0 Å². The fourth-order valence-corrected chi connectivity index (χ4v) is 2.78. The van der Waals surface area contributed by atoms with Crippen molar-refractivity contribution >= 4 is 0 Å². The van der Waals surface area contributed by atoms with Gasteiger partial charge in [0.25, 0.3) is 0 Å². The van der Waals surface area contributed by atoms with Gasteiger partial charge in [-0.25, -0.2) is 4.98 Å². The van der Waals surface area contributed by atoms with Crippen molar-refractivity contribution in [2.75, 3.05) is 0 Å². The zero-order chi connectivity index (χ0) is 12.7. The summed E-state index contributed by atoms with van der Waals surface area (Å²) >= 11 is 0. The molecule has 2 aromatic heterocycles. The first kappa shape index (κ1) is 11.0. The molecule has 18 heavy (non-hydrogen) atoms. The van der Waals surface area contributed by atoms with E-state index in [1.54, 1.807) is 12.1 Å². The zero-order valence-corrected chi connectivity index (χ0v) is 10.1. The zero-order valence-electron chi connectivity index (χ0n) is 10.1. The minimum atomic E-state index is -0.475. The number of pyridine rings is 1. The molecule has 3 heterocycles. The van der Waals surface area contributed by atoms with Crippen LogP contribution in [0.15, 0.2) is 18.3 Å². The van der Waals surface area contributed by atoms with Gasteiger partial charge in [-0.2, -0.15) is 9.65 Å². The highest BCUT2D eigenvalue weighted by Crippen LogP contribution is 2.35. The summed E-state index contributed by atoms with van der Waals surface area (Å²) in [6, 6.07) is 5.68. The Bertz CT molecular complexity index is 664. The van der Waals surface area contributed by atoms with E-state index in [0.29, 0.717) is 11.1 Å². The van der Waals surface area contributed by atoms with Crippen LogP contribution in [0.3, 0.4) is 0 Å². The van der Waals surface area contributed by atoms with Gasteiger partial charge in [-0.3, -0.25) is 0 Å². The monoisotopic (exact) mass is 241 g/mol. The summed E-state index contributed by atoms with van der Waals surface area (Å²) in [5.74, 6) is -0.475. The number of nitriles is 1. The largest absolute Gasteiger partial charge is 0.343 e. The Kier molecular flexibility index (Phi) is 2.41. The second kappa shape index (κ2) is 3.95. The second-order valence-corrected chi connectivity index (χ2v) is 4.50. The number of aromatic nitrogens is 2. The summed E-state index contributed by atoms with van der Waals surface area (Å²) in [5, 5.41) is 9.24. The molecule has 0 atom stereocenters. The van der Waals surface area contributed by atoms with E-state index in [9.17, 15) is 9.65 Å². The molecule has 0 saturated carbocycles. The predicted octanol–water partition coefficient (Wildman–Crippen LogP) is 2.82. The Morgan fingerprint density at radius 1 is 1.50 bits per heavy atom. The average Bonchev–Trinajstić information content (AvgIpc) is 2.90. The Labute approximate surface area is 105 Å². The van der Waals surface area contributed by atoms with Crippen LogP contribution in [0.2, 0.25) is 0 Å². The third-order valence-electron chi connectivity index (χ3n) is 3.54. The molecule has 0 aromatic carbocycles. The van der Waals surface area contributed by atoms with E-state index in [-0.39, 0.29) is 0 Å². The molecule has 0 fully saturated rings. The van der Waals surface area contributed by atoms with Crippen molar-refractivity contribution in [3.8, 4) is 17.3 Å². The van der Waals surface area contributed by atoms with Crippen LogP contribution >= 0.6 is 0 Å². The fraction of sp³-hybridized carbons (Fsp3) is 0.286. The molecule has 0 aliphatic carbocycles. The van der Waals surface area contributed by atoms with Gasteiger partial charge < -0.3 is 4.57 Å². The molecular formula is C14H12FN3. The maximum absolute atomic E-state index is 13.8. The highest BCUT2D eigenvalue weighted by Gasteiger charge is 2.25. The predicted molar refractivity (Wildman–Crippen MR) is 65.4 cm³/mol. The van der Waals surface area contributed by atoms with E-state index in [1.807, 2.05) is 6.92 Å². The third-order valence-corrected chi connectivity index (χ3v) is 3.54. The van der Waals surface area contributed by atoms with Crippen LogP contribution < -0.4 is 0 Å². The maximum Gasteiger partial charge on any atom is 0.222 e. The van der Waals surface area contributed by atoms with Gasteiger partial charge in [-0.05, 0) is 37.5 Å². The number of nitrogens with zero attached hydrogens (tertiary/aromatic N) is 3. The minimum absolute atomic E-state index is 0.475. The number of hydrogen-bond donors (Lipinski definition) is 0. The summed E-state index contributed by atoms with van der Waals surface area (Å²) in [7, 11) is 0. The molecule has 0 N–H and O–H groups in total. The first-order valence-electron chi connectivity index (χ1n) is 5.97. The summed E-state index contributed by atoms with van der Waals surface area (Å²) in [6.45, 7) is 2.73. The van der Waals surface area contributed by atoms with Crippen LogP contribution in [0, 0.1) is 24.2 Å². The normalized spacial score (nSPS) is 13.4. The van der Waals surface area contributed by atoms with Gasteiger partial charge in [0.1, 0.15) is 6.07 Å². The number of fused-ring (bicyclic) bond motifs is 1. The van der Waals surface area contributed by atoms with Gasteiger partial charge in [-0.1, -0.05) is 0 Å². The van der Waals surface area contributed by atoms with Gasteiger partial charge in [0, 0.05) is 18.4 Å². The molecule has 0 unspecified atom stereocenters. The fourth-order valence-electron chi connectivity index (χ4n) is 2.78. The van der Waals surface area contributed by atoms with E-state index < -0.39 is 5.95 Å². The molecule has 0 radical (unpaired) electrons. The number of rotatable bonds is 1. The van der Waals surface area contributed by atoms with Crippen molar-refractivity contribution in [2.45, 2.75) is 26.3 Å². The lowest BCUT2D eigenvalue weighted by atomic mass is 10.1. The van der Waals surface area contributed by atoms with Crippen LogP contribution in [-0.2, 0) is 13.0 Å². The maximum atomic E-state index is 13.8. The quantitative estimate of drug-likeness (QED) is 0.720. The summed E-state index contributed by atoms with van der Waals surface area (Å²) < 4.78 is 15.9. The lowest BCUT2D eigenvalue weighted by Crippen LogP contribution is -1.99. The highest BCUT2D eigenvalue weighted by molar-refractivity contribution is 5.69. The van der Waals surface area contributed by atoms with Crippen LogP contribution in [0.4, 0.5) is 4.39 Å². The van der Waals surface area contributed by atoms with Crippen LogP contribution in [-0.4, -0.2) is 9.55 Å². The molecular weight excluding hydrogens is 229 g/mol. The van der Waals surface area contributed by atoms with E-state index in [0.717, 1.165) is 36.3 Å². The van der Waals surface area contributed by atoms with E-state index in [2.05, 4.69) is 15.6 Å². The van der Waals surface area contributed by atoms with E-state index >= 15 is 0 Å². The SMILES string of the molecule is Cc1c(C#N)c2n(c1-c1cccnc1F)CCC2. The molecule has 0 saturated heterocycles. The number of hydrogen-bond acceptors (Lipinski definition) is 2. The first-order valence-corrected chi connectivity index (χ1v) is 5.97. The molecule has 2 aromatic rings. The van der Waals surface area contributed by atoms with Gasteiger partial charge in [-0.15, -0.1) is 0 Å². The van der Waals surface area contributed by atoms with Crippen molar-refractivity contribution in [2.24, 2.45) is 0 Å². The van der Waals surface area contributed by atoms with Crippen LogP contribution in [0.25, 0.3) is 11.3 Å². The summed E-state index contributed by atoms with van der Waals surface area (Å²) in [4.78, 5) is 3.69. The van der Waals surface area contributed by atoms with E-state index in [1.165, 1.54) is 6.20 Å². The lowest BCUT2D eigenvalue weighted by Gasteiger charge is -2.08. The van der Waals surface area contributed by atoms with Crippen molar-refractivity contribution in [1.29, 1.82) is 5.26 Å². The molecule has 4 heteroatoms. The number of halogens is 1. The Morgan fingerprint density at radius 2 is 2.33 bits per heavy atom.